The molecule has 0 bridgehead atoms. The maximum Gasteiger partial charge on any atom is 0.227 e. The zero-order valence-corrected chi connectivity index (χ0v) is 16.4. The number of aryl methyl sites for hydroxylation is 1. The number of rotatable bonds is 10. The molecule has 1 aromatic carbocycles. The molecule has 0 radical (unpaired) electrons. The Bertz CT molecular complexity index is 650. The summed E-state index contributed by atoms with van der Waals surface area (Å²) in [7, 11) is -2.88. The van der Waals surface area contributed by atoms with E-state index < -0.39 is 9.84 Å². The van der Waals surface area contributed by atoms with Crippen molar-refractivity contribution in [2.45, 2.75) is 70.5 Å². The Balaban J connectivity index is 1.61. The summed E-state index contributed by atoms with van der Waals surface area (Å²) in [6.07, 6.45) is 7.78. The van der Waals surface area contributed by atoms with E-state index in [9.17, 15) is 13.2 Å². The largest absolute Gasteiger partial charge is 0.312 e. The lowest BCUT2D eigenvalue weighted by atomic mass is 10.1. The second-order valence-corrected chi connectivity index (χ2v) is 9.93. The molecule has 1 saturated heterocycles. The van der Waals surface area contributed by atoms with Gasteiger partial charge in [-0.05, 0) is 57.2 Å². The molecule has 1 aliphatic heterocycles. The highest BCUT2D eigenvalue weighted by Gasteiger charge is 2.21. The molecule has 0 saturated carbocycles. The van der Waals surface area contributed by atoms with Gasteiger partial charge in [-0.15, -0.1) is 0 Å². The fourth-order valence-corrected chi connectivity index (χ4v) is 4.24. The molecule has 0 aromatic heterocycles. The van der Waals surface area contributed by atoms with Crippen LogP contribution in [-0.4, -0.2) is 31.9 Å². The van der Waals surface area contributed by atoms with Gasteiger partial charge in [0.15, 0.2) is 9.84 Å². The Morgan fingerprint density at radius 3 is 2.24 bits per heavy atom. The van der Waals surface area contributed by atoms with Crippen LogP contribution in [0.2, 0.25) is 0 Å². The van der Waals surface area contributed by atoms with Crippen LogP contribution >= 0.6 is 0 Å². The van der Waals surface area contributed by atoms with Crippen molar-refractivity contribution >= 4 is 21.4 Å². The Morgan fingerprint density at radius 1 is 1.00 bits per heavy atom. The van der Waals surface area contributed by atoms with Crippen LogP contribution in [0.1, 0.15) is 64.4 Å². The van der Waals surface area contributed by atoms with Crippen molar-refractivity contribution in [3.05, 3.63) is 29.8 Å². The minimum absolute atomic E-state index is 0.229. The van der Waals surface area contributed by atoms with Crippen LogP contribution < -0.4 is 4.90 Å². The fraction of sp³-hybridized carbons (Fsp3) is 0.650. The molecule has 1 aliphatic rings. The lowest BCUT2D eigenvalue weighted by molar-refractivity contribution is -0.117. The molecular formula is C20H31NO3S. The van der Waals surface area contributed by atoms with Gasteiger partial charge in [0.1, 0.15) is 0 Å². The molecule has 1 heterocycles. The number of hydrogen-bond donors (Lipinski definition) is 0. The van der Waals surface area contributed by atoms with Crippen LogP contribution in [-0.2, 0) is 21.1 Å². The van der Waals surface area contributed by atoms with Gasteiger partial charge >= 0.3 is 0 Å². The van der Waals surface area contributed by atoms with Crippen molar-refractivity contribution in [2.75, 3.05) is 17.2 Å². The highest BCUT2D eigenvalue weighted by molar-refractivity contribution is 7.91. The maximum absolute atomic E-state index is 11.7. The number of unbranched alkanes of at least 4 members (excludes halogenated alkanes) is 4. The summed E-state index contributed by atoms with van der Waals surface area (Å²) in [6, 6.07) is 8.34. The van der Waals surface area contributed by atoms with E-state index in [1.807, 2.05) is 4.90 Å². The highest BCUT2D eigenvalue weighted by Crippen LogP contribution is 2.22. The summed E-state index contributed by atoms with van der Waals surface area (Å²) in [4.78, 5) is 13.6. The smallest absolute Gasteiger partial charge is 0.227 e. The summed E-state index contributed by atoms with van der Waals surface area (Å²) in [5.41, 5.74) is 2.32. The SMILES string of the molecule is CC(C)S(=O)(=O)CCCCCCCc1ccc(N2CCCC2=O)cc1. The van der Waals surface area contributed by atoms with Crippen LogP contribution in [0, 0.1) is 0 Å². The van der Waals surface area contributed by atoms with Gasteiger partial charge in [-0.1, -0.05) is 31.4 Å². The number of hydrogen-bond acceptors (Lipinski definition) is 3. The molecule has 1 aromatic rings. The molecule has 0 spiro atoms. The first-order valence-corrected chi connectivity index (χ1v) is 11.2. The Morgan fingerprint density at radius 2 is 1.64 bits per heavy atom. The molecule has 4 nitrogen and oxygen atoms in total. The molecule has 1 amide bonds. The second kappa shape index (κ2) is 9.37. The van der Waals surface area contributed by atoms with Crippen molar-refractivity contribution in [1.82, 2.24) is 0 Å². The summed E-state index contributed by atoms with van der Waals surface area (Å²) < 4.78 is 23.4. The van der Waals surface area contributed by atoms with E-state index >= 15 is 0 Å². The van der Waals surface area contributed by atoms with E-state index in [1.54, 1.807) is 13.8 Å². The first kappa shape index (κ1) is 20.0. The van der Waals surface area contributed by atoms with E-state index in [2.05, 4.69) is 24.3 Å². The molecule has 0 aliphatic carbocycles. The third-order valence-corrected chi connectivity index (χ3v) is 7.23. The molecule has 140 valence electrons. The van der Waals surface area contributed by atoms with Crippen molar-refractivity contribution < 1.29 is 13.2 Å². The molecule has 0 atom stereocenters. The van der Waals surface area contributed by atoms with Crippen molar-refractivity contribution in [2.24, 2.45) is 0 Å². The van der Waals surface area contributed by atoms with Crippen LogP contribution in [0.5, 0.6) is 0 Å². The summed E-state index contributed by atoms with van der Waals surface area (Å²) >= 11 is 0. The number of sulfone groups is 1. The minimum atomic E-state index is -2.88. The molecule has 2 rings (SSSR count). The van der Waals surface area contributed by atoms with E-state index in [0.29, 0.717) is 12.2 Å². The standard InChI is InChI=1S/C20H31NO3S/c1-17(2)25(23,24)16-7-5-3-4-6-9-18-11-13-19(14-12-18)21-15-8-10-20(21)22/h11-14,17H,3-10,15-16H2,1-2H3. The topological polar surface area (TPSA) is 54.5 Å². The number of anilines is 1. The van der Waals surface area contributed by atoms with E-state index in [1.165, 1.54) is 5.56 Å². The Labute approximate surface area is 152 Å². The first-order valence-electron chi connectivity index (χ1n) is 9.51. The van der Waals surface area contributed by atoms with Gasteiger partial charge in [-0.25, -0.2) is 8.42 Å². The number of carbonyl (C=O) groups excluding carboxylic acids is 1. The van der Waals surface area contributed by atoms with Gasteiger partial charge in [0.2, 0.25) is 5.91 Å². The minimum Gasteiger partial charge on any atom is -0.312 e. The van der Waals surface area contributed by atoms with Gasteiger partial charge in [0.05, 0.1) is 11.0 Å². The number of benzene rings is 1. The van der Waals surface area contributed by atoms with E-state index in [0.717, 1.165) is 57.2 Å². The normalized spacial score (nSPS) is 15.3. The number of carbonyl (C=O) groups is 1. The number of amides is 1. The highest BCUT2D eigenvalue weighted by atomic mass is 32.2. The summed E-state index contributed by atoms with van der Waals surface area (Å²) in [6.45, 7) is 4.34. The zero-order valence-electron chi connectivity index (χ0n) is 15.5. The van der Waals surface area contributed by atoms with Gasteiger partial charge in [-0.3, -0.25) is 4.79 Å². The third-order valence-electron chi connectivity index (χ3n) is 4.93. The summed E-state index contributed by atoms with van der Waals surface area (Å²) in [5, 5.41) is -0.258. The average Bonchev–Trinajstić information content (AvgIpc) is 3.00. The quantitative estimate of drug-likeness (QED) is 0.586. The Hall–Kier alpha value is -1.36. The molecule has 25 heavy (non-hydrogen) atoms. The van der Waals surface area contributed by atoms with Crippen molar-refractivity contribution in [3.8, 4) is 0 Å². The van der Waals surface area contributed by atoms with E-state index in [4.69, 9.17) is 0 Å². The molecule has 0 unspecified atom stereocenters. The first-order chi connectivity index (χ1) is 11.9. The number of nitrogens with zero attached hydrogens (tertiary/aromatic N) is 1. The van der Waals surface area contributed by atoms with Crippen molar-refractivity contribution in [1.29, 1.82) is 0 Å². The zero-order chi connectivity index (χ0) is 18.3. The van der Waals surface area contributed by atoms with Gasteiger partial charge in [-0.2, -0.15) is 0 Å². The van der Waals surface area contributed by atoms with Gasteiger partial charge < -0.3 is 4.90 Å². The fourth-order valence-electron chi connectivity index (χ4n) is 3.16. The predicted octanol–water partition coefficient (Wildman–Crippen LogP) is 4.13. The lowest BCUT2D eigenvalue weighted by Gasteiger charge is -2.15. The van der Waals surface area contributed by atoms with Gasteiger partial charge in [0.25, 0.3) is 0 Å². The van der Waals surface area contributed by atoms with Crippen LogP contribution in [0.25, 0.3) is 0 Å². The van der Waals surface area contributed by atoms with Crippen LogP contribution in [0.15, 0.2) is 24.3 Å². The summed E-state index contributed by atoms with van der Waals surface area (Å²) in [5.74, 6) is 0.550. The third kappa shape index (κ3) is 6.14. The monoisotopic (exact) mass is 365 g/mol. The second-order valence-electron chi connectivity index (χ2n) is 7.25. The average molecular weight is 366 g/mol. The predicted molar refractivity (Wildman–Crippen MR) is 104 cm³/mol. The van der Waals surface area contributed by atoms with Gasteiger partial charge in [0, 0.05) is 18.7 Å². The lowest BCUT2D eigenvalue weighted by Crippen LogP contribution is -2.23. The molecule has 0 N–H and O–H groups in total. The van der Waals surface area contributed by atoms with Crippen molar-refractivity contribution in [3.63, 3.8) is 0 Å². The van der Waals surface area contributed by atoms with E-state index in [-0.39, 0.29) is 11.2 Å². The van der Waals surface area contributed by atoms with Crippen LogP contribution in [0.4, 0.5) is 5.69 Å². The van der Waals surface area contributed by atoms with Crippen LogP contribution in [0.3, 0.4) is 0 Å². The Kier molecular flexibility index (Phi) is 7.48. The molecular weight excluding hydrogens is 334 g/mol. The molecule has 1 fully saturated rings. The maximum atomic E-state index is 11.7. The molecule has 5 heteroatoms.